The van der Waals surface area contributed by atoms with E-state index in [0.717, 1.165) is 17.1 Å². The number of nitrogens with zero attached hydrogens (tertiary/aromatic N) is 3. The second-order valence-corrected chi connectivity index (χ2v) is 4.36. The number of rotatable bonds is 4. The highest BCUT2D eigenvalue weighted by Gasteiger charge is 2.03. The van der Waals surface area contributed by atoms with Crippen LogP contribution in [0.4, 0.5) is 0 Å². The molecule has 2 aromatic heterocycles. The molecule has 0 aliphatic carbocycles. The highest BCUT2D eigenvalue weighted by molar-refractivity contribution is 5.68. The van der Waals surface area contributed by atoms with Crippen molar-refractivity contribution in [1.29, 1.82) is 0 Å². The summed E-state index contributed by atoms with van der Waals surface area (Å²) in [5, 5.41) is 0. The van der Waals surface area contributed by atoms with Gasteiger partial charge in [0.2, 0.25) is 0 Å². The van der Waals surface area contributed by atoms with Gasteiger partial charge in [-0.25, -0.2) is 15.0 Å². The van der Waals surface area contributed by atoms with Crippen LogP contribution in [0.2, 0.25) is 0 Å². The van der Waals surface area contributed by atoms with Gasteiger partial charge in [0.15, 0.2) is 5.65 Å². The largest absolute Gasteiger partial charge is 0.493 e. The lowest BCUT2D eigenvalue weighted by Crippen LogP contribution is -2.02. The van der Waals surface area contributed by atoms with Crippen LogP contribution in [0.1, 0.15) is 11.4 Å². The lowest BCUT2D eigenvalue weighted by molar-refractivity contribution is 0.319. The van der Waals surface area contributed by atoms with Crippen LogP contribution < -0.4 is 4.74 Å². The number of aromatic amines is 1. The van der Waals surface area contributed by atoms with Crippen LogP contribution in [-0.2, 0) is 6.42 Å². The van der Waals surface area contributed by atoms with E-state index in [1.807, 2.05) is 31.2 Å². The quantitative estimate of drug-likeness (QED) is 0.775. The normalized spacial score (nSPS) is 10.8. The Balaban J connectivity index is 1.63. The molecule has 96 valence electrons. The zero-order valence-corrected chi connectivity index (χ0v) is 10.6. The van der Waals surface area contributed by atoms with Crippen molar-refractivity contribution in [3.05, 3.63) is 48.2 Å². The Morgan fingerprint density at radius 2 is 2.26 bits per heavy atom. The van der Waals surface area contributed by atoms with Gasteiger partial charge in [0, 0.05) is 6.42 Å². The molecule has 0 bridgehead atoms. The molecule has 3 aromatic rings. The third-order valence-electron chi connectivity index (χ3n) is 2.81. The Bertz CT molecular complexity index is 659. The van der Waals surface area contributed by atoms with E-state index in [1.54, 1.807) is 6.20 Å². The fourth-order valence-corrected chi connectivity index (χ4v) is 1.90. The summed E-state index contributed by atoms with van der Waals surface area (Å²) < 4.78 is 5.69. The highest BCUT2D eigenvalue weighted by atomic mass is 16.5. The van der Waals surface area contributed by atoms with Gasteiger partial charge in [0.05, 0.1) is 12.8 Å². The predicted octanol–water partition coefficient (Wildman–Crippen LogP) is 2.28. The Morgan fingerprint density at radius 1 is 1.32 bits per heavy atom. The molecule has 0 spiro atoms. The van der Waals surface area contributed by atoms with Gasteiger partial charge >= 0.3 is 0 Å². The van der Waals surface area contributed by atoms with E-state index in [0.29, 0.717) is 18.7 Å². The summed E-state index contributed by atoms with van der Waals surface area (Å²) >= 11 is 0. The molecular weight excluding hydrogens is 240 g/mol. The van der Waals surface area contributed by atoms with Gasteiger partial charge in [-0.1, -0.05) is 12.1 Å². The number of hydrogen-bond donors (Lipinski definition) is 1. The molecule has 3 rings (SSSR count). The van der Waals surface area contributed by atoms with Gasteiger partial charge in [-0.3, -0.25) is 0 Å². The van der Waals surface area contributed by atoms with Crippen molar-refractivity contribution in [1.82, 2.24) is 19.9 Å². The minimum Gasteiger partial charge on any atom is -0.493 e. The number of nitrogens with one attached hydrogen (secondary N) is 1. The minimum atomic E-state index is 0.580. The summed E-state index contributed by atoms with van der Waals surface area (Å²) in [5.41, 5.74) is 2.74. The molecule has 2 heterocycles. The Labute approximate surface area is 110 Å². The van der Waals surface area contributed by atoms with Gasteiger partial charge < -0.3 is 9.72 Å². The number of benzene rings is 1. The third-order valence-corrected chi connectivity index (χ3v) is 2.81. The number of aromatic nitrogens is 4. The Kier molecular flexibility index (Phi) is 3.10. The Hall–Kier alpha value is -2.43. The second kappa shape index (κ2) is 5.06. The number of aryl methyl sites for hydroxylation is 1. The molecule has 5 nitrogen and oxygen atoms in total. The van der Waals surface area contributed by atoms with Gasteiger partial charge in [-0.2, -0.15) is 0 Å². The molecule has 0 aliphatic rings. The Morgan fingerprint density at radius 3 is 3.11 bits per heavy atom. The number of ether oxygens (including phenoxy) is 1. The standard InChI is InChI=1S/C14H14N4O/c1-10-3-2-4-11(7-10)19-6-5-13-17-12-8-15-9-16-14(12)18-13/h2-4,7-9H,5-6H2,1H3,(H,15,16,17,18). The van der Waals surface area contributed by atoms with Crippen molar-refractivity contribution in [2.75, 3.05) is 6.61 Å². The zero-order valence-electron chi connectivity index (χ0n) is 10.6. The molecule has 0 saturated carbocycles. The number of H-pyrrole nitrogens is 1. The van der Waals surface area contributed by atoms with Crippen LogP contribution in [0.15, 0.2) is 36.8 Å². The minimum absolute atomic E-state index is 0.580. The van der Waals surface area contributed by atoms with Gasteiger partial charge in [0.1, 0.15) is 23.4 Å². The van der Waals surface area contributed by atoms with E-state index in [1.165, 1.54) is 11.9 Å². The molecule has 0 amide bonds. The van der Waals surface area contributed by atoms with Crippen molar-refractivity contribution in [2.45, 2.75) is 13.3 Å². The van der Waals surface area contributed by atoms with Crippen molar-refractivity contribution in [3.63, 3.8) is 0 Å². The topological polar surface area (TPSA) is 63.7 Å². The first-order valence-corrected chi connectivity index (χ1v) is 6.15. The summed E-state index contributed by atoms with van der Waals surface area (Å²) in [4.78, 5) is 15.6. The third kappa shape index (κ3) is 2.70. The molecule has 0 radical (unpaired) electrons. The number of hydrogen-bond acceptors (Lipinski definition) is 4. The molecule has 5 heteroatoms. The molecule has 19 heavy (non-hydrogen) atoms. The fraction of sp³-hybridized carbons (Fsp3) is 0.214. The first-order valence-electron chi connectivity index (χ1n) is 6.15. The van der Waals surface area contributed by atoms with Crippen molar-refractivity contribution >= 4 is 11.2 Å². The first kappa shape index (κ1) is 11.6. The molecular formula is C14H14N4O. The molecule has 0 aliphatic heterocycles. The van der Waals surface area contributed by atoms with Crippen molar-refractivity contribution < 1.29 is 4.74 Å². The maximum Gasteiger partial charge on any atom is 0.180 e. The van der Waals surface area contributed by atoms with Gasteiger partial charge in [-0.15, -0.1) is 0 Å². The molecule has 0 fully saturated rings. The lowest BCUT2D eigenvalue weighted by atomic mass is 10.2. The van der Waals surface area contributed by atoms with Crippen LogP contribution in [0.3, 0.4) is 0 Å². The maximum atomic E-state index is 5.69. The van der Waals surface area contributed by atoms with E-state index < -0.39 is 0 Å². The van der Waals surface area contributed by atoms with Crippen LogP contribution >= 0.6 is 0 Å². The number of imidazole rings is 1. The molecule has 0 unspecified atom stereocenters. The van der Waals surface area contributed by atoms with E-state index in [4.69, 9.17) is 4.74 Å². The summed E-state index contributed by atoms with van der Waals surface area (Å²) in [5.74, 6) is 1.75. The second-order valence-electron chi connectivity index (χ2n) is 4.36. The molecule has 1 aromatic carbocycles. The summed E-state index contributed by atoms with van der Waals surface area (Å²) in [6, 6.07) is 8.01. The first-order chi connectivity index (χ1) is 9.31. The van der Waals surface area contributed by atoms with Crippen LogP contribution in [-0.4, -0.2) is 26.5 Å². The highest BCUT2D eigenvalue weighted by Crippen LogP contribution is 2.13. The summed E-state index contributed by atoms with van der Waals surface area (Å²) in [6.45, 7) is 2.63. The van der Waals surface area contributed by atoms with Crippen LogP contribution in [0, 0.1) is 6.92 Å². The molecule has 0 saturated heterocycles. The predicted molar refractivity (Wildman–Crippen MR) is 72.1 cm³/mol. The van der Waals surface area contributed by atoms with E-state index in [2.05, 4.69) is 19.9 Å². The van der Waals surface area contributed by atoms with E-state index in [-0.39, 0.29) is 0 Å². The zero-order chi connectivity index (χ0) is 13.1. The molecule has 0 atom stereocenters. The van der Waals surface area contributed by atoms with E-state index in [9.17, 15) is 0 Å². The fourth-order valence-electron chi connectivity index (χ4n) is 1.90. The van der Waals surface area contributed by atoms with Crippen molar-refractivity contribution in [2.24, 2.45) is 0 Å². The maximum absolute atomic E-state index is 5.69. The smallest absolute Gasteiger partial charge is 0.180 e. The average molecular weight is 254 g/mol. The monoisotopic (exact) mass is 254 g/mol. The molecule has 1 N–H and O–H groups in total. The van der Waals surface area contributed by atoms with Gasteiger partial charge in [-0.05, 0) is 24.6 Å². The average Bonchev–Trinajstić information content (AvgIpc) is 2.81. The van der Waals surface area contributed by atoms with Crippen LogP contribution in [0.5, 0.6) is 5.75 Å². The van der Waals surface area contributed by atoms with Crippen LogP contribution in [0.25, 0.3) is 11.2 Å². The number of fused-ring (bicyclic) bond motifs is 1. The SMILES string of the molecule is Cc1cccc(OCCc2nc3ncncc3[nH]2)c1. The summed E-state index contributed by atoms with van der Waals surface area (Å²) in [6.07, 6.45) is 3.93. The van der Waals surface area contributed by atoms with E-state index >= 15 is 0 Å². The van der Waals surface area contributed by atoms with Gasteiger partial charge in [0.25, 0.3) is 0 Å². The van der Waals surface area contributed by atoms with Crippen molar-refractivity contribution in [3.8, 4) is 5.75 Å². The lowest BCUT2D eigenvalue weighted by Gasteiger charge is -2.05. The summed E-state index contributed by atoms with van der Waals surface area (Å²) in [7, 11) is 0.